The van der Waals surface area contributed by atoms with Crippen LogP contribution in [0.4, 0.5) is 5.69 Å². The van der Waals surface area contributed by atoms with Crippen LogP contribution in [-0.4, -0.2) is 31.0 Å². The van der Waals surface area contributed by atoms with Crippen LogP contribution in [0.15, 0.2) is 103 Å². The molecule has 0 aromatic heterocycles. The summed E-state index contributed by atoms with van der Waals surface area (Å²) in [7, 11) is 2.91. The molecule has 0 spiro atoms. The molecule has 1 aliphatic rings. The first-order chi connectivity index (χ1) is 18.9. The van der Waals surface area contributed by atoms with Crippen LogP contribution in [0, 0.1) is 6.92 Å². The molecule has 1 unspecified atom stereocenters. The molecular weight excluding hydrogens is 494 g/mol. The minimum absolute atomic E-state index is 0.0823. The Kier molecular flexibility index (Phi) is 7.06. The summed E-state index contributed by atoms with van der Waals surface area (Å²) < 4.78 is 17.0. The third-order valence-electron chi connectivity index (χ3n) is 6.54. The van der Waals surface area contributed by atoms with Crippen LogP contribution in [0.5, 0.6) is 23.0 Å². The number of aryl methyl sites for hydroxylation is 1. The van der Waals surface area contributed by atoms with E-state index in [1.54, 1.807) is 48.5 Å². The first-order valence-corrected chi connectivity index (χ1v) is 12.3. The average molecular weight is 522 g/mol. The summed E-state index contributed by atoms with van der Waals surface area (Å²) in [5.74, 6) is -0.208. The molecule has 196 valence electrons. The van der Waals surface area contributed by atoms with E-state index in [1.165, 1.54) is 19.1 Å². The number of aliphatic hydroxyl groups is 1. The number of para-hydroxylation sites is 1. The first-order valence-electron chi connectivity index (χ1n) is 12.3. The molecular formula is C32H27NO6. The Balaban J connectivity index is 1.73. The van der Waals surface area contributed by atoms with Crippen molar-refractivity contribution in [3.63, 3.8) is 0 Å². The van der Waals surface area contributed by atoms with E-state index in [4.69, 9.17) is 14.2 Å². The molecule has 7 nitrogen and oxygen atoms in total. The molecule has 4 aromatic carbocycles. The molecule has 0 aliphatic carbocycles. The van der Waals surface area contributed by atoms with E-state index >= 15 is 0 Å². The zero-order chi connectivity index (χ0) is 27.5. The van der Waals surface area contributed by atoms with Gasteiger partial charge in [-0.05, 0) is 66.6 Å². The number of carbonyl (C=O) groups is 2. The summed E-state index contributed by atoms with van der Waals surface area (Å²) >= 11 is 0. The molecule has 5 rings (SSSR count). The van der Waals surface area contributed by atoms with Crippen molar-refractivity contribution in [1.82, 2.24) is 0 Å². The zero-order valence-corrected chi connectivity index (χ0v) is 21.8. The second kappa shape index (κ2) is 10.8. The van der Waals surface area contributed by atoms with Gasteiger partial charge in [0.2, 0.25) is 0 Å². The number of amides is 1. The number of anilines is 1. The third-order valence-corrected chi connectivity index (χ3v) is 6.54. The smallest absolute Gasteiger partial charge is 0.300 e. The largest absolute Gasteiger partial charge is 0.506 e. The van der Waals surface area contributed by atoms with Gasteiger partial charge in [-0.3, -0.25) is 14.5 Å². The number of hydrogen-bond acceptors (Lipinski definition) is 6. The van der Waals surface area contributed by atoms with Gasteiger partial charge >= 0.3 is 0 Å². The number of ketones is 1. The van der Waals surface area contributed by atoms with Gasteiger partial charge in [-0.1, -0.05) is 48.5 Å². The minimum Gasteiger partial charge on any atom is -0.506 e. The molecule has 7 heteroatoms. The standard InChI is InChI=1S/C32H27NO6/c1-20-10-7-12-22(18-20)33-29(21-11-8-15-24(19-21)39-23-13-5-4-6-14-23)28(31(35)32(33)36)30(34)27-25(37-2)16-9-17-26(27)38-3/h4-19,29,34H,1-3H3/b30-28+. The summed E-state index contributed by atoms with van der Waals surface area (Å²) in [6, 6.07) is 27.8. The Morgan fingerprint density at radius 2 is 1.41 bits per heavy atom. The van der Waals surface area contributed by atoms with Gasteiger partial charge < -0.3 is 19.3 Å². The Bertz CT molecular complexity index is 1550. The predicted octanol–water partition coefficient (Wildman–Crippen LogP) is 6.43. The van der Waals surface area contributed by atoms with E-state index in [0.717, 1.165) is 5.56 Å². The fourth-order valence-electron chi connectivity index (χ4n) is 4.78. The van der Waals surface area contributed by atoms with Crippen molar-refractivity contribution in [2.75, 3.05) is 19.1 Å². The molecule has 1 amide bonds. The number of nitrogens with zero attached hydrogens (tertiary/aromatic N) is 1. The van der Waals surface area contributed by atoms with Crippen LogP contribution < -0.4 is 19.1 Å². The van der Waals surface area contributed by atoms with Crippen molar-refractivity contribution in [2.45, 2.75) is 13.0 Å². The van der Waals surface area contributed by atoms with E-state index in [0.29, 0.717) is 34.2 Å². The monoisotopic (exact) mass is 521 g/mol. The Morgan fingerprint density at radius 3 is 2.08 bits per heavy atom. The first kappa shape index (κ1) is 25.6. The van der Waals surface area contributed by atoms with Crippen molar-refractivity contribution in [3.05, 3.63) is 119 Å². The van der Waals surface area contributed by atoms with Crippen molar-refractivity contribution in [2.24, 2.45) is 0 Å². The molecule has 1 aliphatic heterocycles. The SMILES string of the molecule is COc1cccc(OC)c1/C(O)=C1\C(=O)C(=O)N(c2cccc(C)c2)C1c1cccc(Oc2ccccc2)c1. The number of hydrogen-bond donors (Lipinski definition) is 1. The van der Waals surface area contributed by atoms with Crippen molar-refractivity contribution in [1.29, 1.82) is 0 Å². The highest BCUT2D eigenvalue weighted by Crippen LogP contribution is 2.45. The highest BCUT2D eigenvalue weighted by atomic mass is 16.5. The quantitative estimate of drug-likeness (QED) is 0.171. The van der Waals surface area contributed by atoms with Gasteiger partial charge in [0.05, 0.1) is 25.8 Å². The summed E-state index contributed by atoms with van der Waals surface area (Å²) in [6.45, 7) is 1.91. The van der Waals surface area contributed by atoms with Gasteiger partial charge in [-0.2, -0.15) is 0 Å². The lowest BCUT2D eigenvalue weighted by Gasteiger charge is -2.26. The van der Waals surface area contributed by atoms with Crippen LogP contribution in [0.25, 0.3) is 5.76 Å². The third kappa shape index (κ3) is 4.82. The van der Waals surface area contributed by atoms with Gasteiger partial charge in [-0.25, -0.2) is 0 Å². The van der Waals surface area contributed by atoms with Crippen LogP contribution in [-0.2, 0) is 9.59 Å². The summed E-state index contributed by atoms with van der Waals surface area (Å²) in [5, 5.41) is 11.7. The second-order valence-corrected chi connectivity index (χ2v) is 9.03. The molecule has 4 aromatic rings. The number of Topliss-reactive ketones (excluding diaryl/α,β-unsaturated/α-hetero) is 1. The van der Waals surface area contributed by atoms with E-state index < -0.39 is 23.5 Å². The van der Waals surface area contributed by atoms with E-state index in [1.807, 2.05) is 55.5 Å². The topological polar surface area (TPSA) is 85.3 Å². The molecule has 1 atom stereocenters. The Labute approximate surface area is 226 Å². The van der Waals surface area contributed by atoms with Crippen LogP contribution >= 0.6 is 0 Å². The highest BCUT2D eigenvalue weighted by molar-refractivity contribution is 6.51. The van der Waals surface area contributed by atoms with E-state index in [2.05, 4.69) is 0 Å². The number of rotatable bonds is 7. The maximum absolute atomic E-state index is 13.6. The van der Waals surface area contributed by atoms with Crippen molar-refractivity contribution >= 4 is 23.1 Å². The van der Waals surface area contributed by atoms with Gasteiger partial charge in [0, 0.05) is 5.69 Å². The van der Waals surface area contributed by atoms with Gasteiger partial charge in [-0.15, -0.1) is 0 Å². The van der Waals surface area contributed by atoms with Gasteiger partial charge in [0.15, 0.2) is 0 Å². The number of methoxy groups -OCH3 is 2. The van der Waals surface area contributed by atoms with Crippen molar-refractivity contribution < 1.29 is 28.9 Å². The Hall–Kier alpha value is -5.04. The lowest BCUT2D eigenvalue weighted by molar-refractivity contribution is -0.132. The summed E-state index contributed by atoms with van der Waals surface area (Å²) in [4.78, 5) is 28.6. The predicted molar refractivity (Wildman–Crippen MR) is 148 cm³/mol. The fraction of sp³-hybridized carbons (Fsp3) is 0.125. The molecule has 39 heavy (non-hydrogen) atoms. The van der Waals surface area contributed by atoms with Gasteiger partial charge in [0.25, 0.3) is 11.7 Å². The lowest BCUT2D eigenvalue weighted by Crippen LogP contribution is -2.29. The number of aliphatic hydroxyl groups excluding tert-OH is 1. The minimum atomic E-state index is -0.944. The van der Waals surface area contributed by atoms with E-state index in [-0.39, 0.29) is 11.1 Å². The normalized spacial score (nSPS) is 16.3. The molecule has 0 bridgehead atoms. The molecule has 1 heterocycles. The fourth-order valence-corrected chi connectivity index (χ4v) is 4.78. The average Bonchev–Trinajstić information content (AvgIpc) is 3.23. The summed E-state index contributed by atoms with van der Waals surface area (Å²) in [6.07, 6.45) is 0. The summed E-state index contributed by atoms with van der Waals surface area (Å²) in [5.41, 5.74) is 2.13. The molecule has 0 saturated carbocycles. The molecule has 1 fully saturated rings. The molecule has 0 radical (unpaired) electrons. The molecule has 1 N–H and O–H groups in total. The van der Waals surface area contributed by atoms with Crippen LogP contribution in [0.2, 0.25) is 0 Å². The number of carbonyl (C=O) groups excluding carboxylic acids is 2. The Morgan fingerprint density at radius 1 is 0.769 bits per heavy atom. The number of ether oxygens (including phenoxy) is 3. The van der Waals surface area contributed by atoms with Gasteiger partial charge in [0.1, 0.15) is 34.3 Å². The van der Waals surface area contributed by atoms with Crippen molar-refractivity contribution in [3.8, 4) is 23.0 Å². The van der Waals surface area contributed by atoms with E-state index in [9.17, 15) is 14.7 Å². The van der Waals surface area contributed by atoms with Crippen LogP contribution in [0.3, 0.4) is 0 Å². The van der Waals surface area contributed by atoms with Crippen LogP contribution in [0.1, 0.15) is 22.7 Å². The maximum atomic E-state index is 13.6. The molecule has 1 saturated heterocycles. The highest BCUT2D eigenvalue weighted by Gasteiger charge is 2.47. The lowest BCUT2D eigenvalue weighted by atomic mass is 9.94. The number of benzene rings is 4. The maximum Gasteiger partial charge on any atom is 0.300 e. The second-order valence-electron chi connectivity index (χ2n) is 9.03. The zero-order valence-electron chi connectivity index (χ0n) is 21.8.